The molecular formula is C28H31N3O2. The standard InChI is InChI=1S/C28H31N3O2/c29-25-16-14-21(15-17-25)8-7-13-26(32)31-19-18-24(20-31)28(27(30)33,22-9-3-1-4-10-22)23-11-5-2-6-12-23/h1-6,9-12,14-17,24H,7-8,13,18-20,29H2,(H2,30,33)/t24-/m1/s1. The van der Waals surface area contributed by atoms with E-state index in [1.54, 1.807) is 0 Å². The van der Waals surface area contributed by atoms with Crippen LogP contribution in [0.5, 0.6) is 0 Å². The zero-order valence-corrected chi connectivity index (χ0v) is 18.8. The lowest BCUT2D eigenvalue weighted by molar-refractivity contribution is -0.131. The van der Waals surface area contributed by atoms with Gasteiger partial charge in [-0.2, -0.15) is 0 Å². The van der Waals surface area contributed by atoms with Crippen molar-refractivity contribution in [2.24, 2.45) is 11.7 Å². The van der Waals surface area contributed by atoms with E-state index in [4.69, 9.17) is 11.5 Å². The largest absolute Gasteiger partial charge is 0.399 e. The molecule has 3 aromatic rings. The van der Waals surface area contributed by atoms with Crippen molar-refractivity contribution in [1.82, 2.24) is 4.90 Å². The van der Waals surface area contributed by atoms with Crippen LogP contribution in [0, 0.1) is 5.92 Å². The second-order valence-electron chi connectivity index (χ2n) is 8.82. The highest BCUT2D eigenvalue weighted by atomic mass is 16.2. The quantitative estimate of drug-likeness (QED) is 0.520. The molecule has 1 heterocycles. The van der Waals surface area contributed by atoms with Gasteiger partial charge in [0.2, 0.25) is 11.8 Å². The molecule has 1 aliphatic heterocycles. The summed E-state index contributed by atoms with van der Waals surface area (Å²) < 4.78 is 0. The maximum Gasteiger partial charge on any atom is 0.232 e. The monoisotopic (exact) mass is 441 g/mol. The Labute approximate surface area is 195 Å². The fraction of sp³-hybridized carbons (Fsp3) is 0.286. The van der Waals surface area contributed by atoms with Gasteiger partial charge in [-0.25, -0.2) is 0 Å². The number of hydrogen-bond acceptors (Lipinski definition) is 3. The molecule has 0 radical (unpaired) electrons. The molecule has 2 amide bonds. The number of nitrogens with zero attached hydrogens (tertiary/aromatic N) is 1. The lowest BCUT2D eigenvalue weighted by Gasteiger charge is -2.37. The Morgan fingerprint density at radius 1 is 0.879 bits per heavy atom. The molecule has 3 aromatic carbocycles. The Morgan fingerprint density at radius 3 is 2.00 bits per heavy atom. The van der Waals surface area contributed by atoms with Crippen molar-refractivity contribution < 1.29 is 9.59 Å². The van der Waals surface area contributed by atoms with Crippen molar-refractivity contribution in [2.75, 3.05) is 18.8 Å². The number of carbonyl (C=O) groups is 2. The van der Waals surface area contributed by atoms with Crippen LogP contribution in [0.2, 0.25) is 0 Å². The fourth-order valence-corrected chi connectivity index (χ4v) is 5.15. The minimum absolute atomic E-state index is 0.0825. The van der Waals surface area contributed by atoms with E-state index in [1.807, 2.05) is 89.8 Å². The zero-order valence-electron chi connectivity index (χ0n) is 18.8. The van der Waals surface area contributed by atoms with E-state index >= 15 is 0 Å². The van der Waals surface area contributed by atoms with Gasteiger partial charge in [-0.3, -0.25) is 9.59 Å². The summed E-state index contributed by atoms with van der Waals surface area (Å²) in [5.74, 6) is -0.323. The minimum Gasteiger partial charge on any atom is -0.399 e. The number of anilines is 1. The number of likely N-dealkylation sites (tertiary alicyclic amines) is 1. The van der Waals surface area contributed by atoms with Crippen molar-refractivity contribution in [1.29, 1.82) is 0 Å². The SMILES string of the molecule is NC(=O)C(c1ccccc1)(c1ccccc1)[C@@H]1CCN(C(=O)CCCc2ccc(N)cc2)C1. The highest BCUT2D eigenvalue weighted by Crippen LogP contribution is 2.43. The fourth-order valence-electron chi connectivity index (χ4n) is 5.15. The van der Waals surface area contributed by atoms with E-state index in [0.29, 0.717) is 19.5 Å². The number of nitrogen functional groups attached to an aromatic ring is 1. The van der Waals surface area contributed by atoms with Crippen molar-refractivity contribution in [3.8, 4) is 0 Å². The Kier molecular flexibility index (Phi) is 6.78. The van der Waals surface area contributed by atoms with E-state index in [9.17, 15) is 9.59 Å². The van der Waals surface area contributed by atoms with Crippen LogP contribution in [0.1, 0.15) is 36.0 Å². The Bertz CT molecular complexity index is 1040. The minimum atomic E-state index is -0.971. The van der Waals surface area contributed by atoms with Gasteiger partial charge in [-0.1, -0.05) is 72.8 Å². The average molecular weight is 442 g/mol. The van der Waals surface area contributed by atoms with Crippen LogP contribution < -0.4 is 11.5 Å². The predicted octanol–water partition coefficient (Wildman–Crippen LogP) is 3.91. The van der Waals surface area contributed by atoms with Crippen LogP contribution >= 0.6 is 0 Å². The molecule has 0 saturated carbocycles. The van der Waals surface area contributed by atoms with Crippen LogP contribution in [-0.4, -0.2) is 29.8 Å². The molecule has 0 spiro atoms. The molecule has 170 valence electrons. The molecule has 1 aliphatic rings. The summed E-state index contributed by atoms with van der Waals surface area (Å²) in [6, 6.07) is 27.3. The normalized spacial score (nSPS) is 16.0. The van der Waals surface area contributed by atoms with Gasteiger partial charge >= 0.3 is 0 Å². The first-order chi connectivity index (χ1) is 16.0. The topological polar surface area (TPSA) is 89.4 Å². The maximum absolute atomic E-state index is 13.1. The molecule has 1 fully saturated rings. The number of nitrogens with two attached hydrogens (primary N) is 2. The lowest BCUT2D eigenvalue weighted by Crippen LogP contribution is -2.49. The van der Waals surface area contributed by atoms with Crippen LogP contribution in [0.25, 0.3) is 0 Å². The van der Waals surface area contributed by atoms with Crippen molar-refractivity contribution in [3.05, 3.63) is 102 Å². The third-order valence-electron chi connectivity index (χ3n) is 6.84. The number of carbonyl (C=O) groups excluding carboxylic acids is 2. The molecule has 0 unspecified atom stereocenters. The smallest absolute Gasteiger partial charge is 0.232 e. The molecule has 4 rings (SSSR count). The Hall–Kier alpha value is -3.60. The summed E-state index contributed by atoms with van der Waals surface area (Å²) in [5.41, 5.74) is 14.6. The molecule has 1 atom stereocenters. The first-order valence-corrected chi connectivity index (χ1v) is 11.5. The molecule has 0 bridgehead atoms. The van der Waals surface area contributed by atoms with Crippen molar-refractivity contribution in [2.45, 2.75) is 31.1 Å². The van der Waals surface area contributed by atoms with Gasteiger partial charge in [0, 0.05) is 31.1 Å². The third-order valence-corrected chi connectivity index (χ3v) is 6.84. The summed E-state index contributed by atoms with van der Waals surface area (Å²) in [4.78, 5) is 28.0. The van der Waals surface area contributed by atoms with Gasteiger partial charge in [0.05, 0.1) is 0 Å². The number of aryl methyl sites for hydroxylation is 1. The zero-order chi connectivity index (χ0) is 23.3. The number of rotatable bonds is 8. The van der Waals surface area contributed by atoms with Crippen LogP contribution in [-0.2, 0) is 21.4 Å². The molecule has 5 nitrogen and oxygen atoms in total. The van der Waals surface area contributed by atoms with Gasteiger partial charge in [0.1, 0.15) is 5.41 Å². The molecule has 0 aromatic heterocycles. The van der Waals surface area contributed by atoms with E-state index in [-0.39, 0.29) is 17.7 Å². The van der Waals surface area contributed by atoms with Gasteiger partial charge in [-0.15, -0.1) is 0 Å². The number of benzene rings is 3. The number of hydrogen-bond donors (Lipinski definition) is 2. The summed E-state index contributed by atoms with van der Waals surface area (Å²) in [6.07, 6.45) is 2.83. The Balaban J connectivity index is 1.51. The molecule has 33 heavy (non-hydrogen) atoms. The van der Waals surface area contributed by atoms with Gasteiger partial charge < -0.3 is 16.4 Å². The van der Waals surface area contributed by atoms with Crippen LogP contribution in [0.4, 0.5) is 5.69 Å². The van der Waals surface area contributed by atoms with Crippen molar-refractivity contribution in [3.63, 3.8) is 0 Å². The molecule has 1 saturated heterocycles. The summed E-state index contributed by atoms with van der Waals surface area (Å²) in [6.45, 7) is 1.16. The van der Waals surface area contributed by atoms with Gasteiger partial charge in [0.25, 0.3) is 0 Å². The van der Waals surface area contributed by atoms with Crippen molar-refractivity contribution >= 4 is 17.5 Å². The first-order valence-electron chi connectivity index (χ1n) is 11.5. The van der Waals surface area contributed by atoms with Gasteiger partial charge in [0.15, 0.2) is 0 Å². The van der Waals surface area contributed by atoms with E-state index in [2.05, 4.69) is 0 Å². The number of primary amides is 1. The lowest BCUT2D eigenvalue weighted by atomic mass is 9.64. The third kappa shape index (κ3) is 4.63. The predicted molar refractivity (Wildman–Crippen MR) is 131 cm³/mol. The van der Waals surface area contributed by atoms with Gasteiger partial charge in [-0.05, 0) is 48.1 Å². The summed E-state index contributed by atoms with van der Waals surface area (Å²) >= 11 is 0. The molecule has 0 aliphatic carbocycles. The average Bonchev–Trinajstić information content (AvgIpc) is 3.32. The molecule has 4 N–H and O–H groups in total. The summed E-state index contributed by atoms with van der Waals surface area (Å²) in [5, 5.41) is 0. The summed E-state index contributed by atoms with van der Waals surface area (Å²) in [7, 11) is 0. The molecular weight excluding hydrogens is 410 g/mol. The second kappa shape index (κ2) is 9.90. The van der Waals surface area contributed by atoms with E-state index < -0.39 is 5.41 Å². The maximum atomic E-state index is 13.1. The highest BCUT2D eigenvalue weighted by Gasteiger charge is 2.50. The van der Waals surface area contributed by atoms with E-state index in [1.165, 1.54) is 5.56 Å². The second-order valence-corrected chi connectivity index (χ2v) is 8.82. The van der Waals surface area contributed by atoms with E-state index in [0.717, 1.165) is 36.1 Å². The number of amides is 2. The highest BCUT2D eigenvalue weighted by molar-refractivity contribution is 5.91. The first kappa shape index (κ1) is 22.6. The molecule has 5 heteroatoms. The van der Waals surface area contributed by atoms with Crippen LogP contribution in [0.15, 0.2) is 84.9 Å². The van der Waals surface area contributed by atoms with Crippen LogP contribution in [0.3, 0.4) is 0 Å². The Morgan fingerprint density at radius 2 is 1.45 bits per heavy atom.